The van der Waals surface area contributed by atoms with Crippen molar-refractivity contribution in [1.82, 2.24) is 0 Å². The average molecular weight is 399 g/mol. The zero-order chi connectivity index (χ0) is 20.1. The van der Waals surface area contributed by atoms with Crippen LogP contribution < -0.4 is 10.1 Å². The van der Waals surface area contributed by atoms with Crippen LogP contribution in [-0.2, 0) is 4.74 Å². The van der Waals surface area contributed by atoms with Gasteiger partial charge in [-0.3, -0.25) is 9.59 Å². The molecule has 0 saturated carbocycles. The molecule has 1 amide bonds. The maximum Gasteiger partial charge on any atom is 0.349 e. The summed E-state index contributed by atoms with van der Waals surface area (Å²) in [5.74, 6) is -0.591. The molecule has 1 N–H and O–H groups in total. The third kappa shape index (κ3) is 4.47. The van der Waals surface area contributed by atoms with Crippen LogP contribution in [-0.4, -0.2) is 30.9 Å². The third-order valence-electron chi connectivity index (χ3n) is 3.82. The van der Waals surface area contributed by atoms with Gasteiger partial charge in [0.15, 0.2) is 11.9 Å². The van der Waals surface area contributed by atoms with E-state index in [9.17, 15) is 14.4 Å². The van der Waals surface area contributed by atoms with Crippen LogP contribution in [0.3, 0.4) is 0 Å². The Labute approximate surface area is 164 Å². The molecule has 2 aromatic heterocycles. The van der Waals surface area contributed by atoms with Gasteiger partial charge in [0.25, 0.3) is 5.91 Å². The Balaban J connectivity index is 1.60. The number of nitrogens with one attached hydrogen (secondary N) is 1. The lowest BCUT2D eigenvalue weighted by atomic mass is 10.1. The molecule has 0 aliphatic rings. The number of methoxy groups -OCH3 is 1. The van der Waals surface area contributed by atoms with E-state index < -0.39 is 18.0 Å². The maximum atomic E-state index is 12.4. The van der Waals surface area contributed by atoms with E-state index in [-0.39, 0.29) is 16.4 Å². The summed E-state index contributed by atoms with van der Waals surface area (Å²) < 4.78 is 15.3. The fraction of sp³-hybridized carbons (Fsp3) is 0.150. The number of ketones is 1. The molecule has 7 nitrogen and oxygen atoms in total. The third-order valence-corrected chi connectivity index (χ3v) is 4.80. The highest BCUT2D eigenvalue weighted by Crippen LogP contribution is 2.24. The summed E-state index contributed by atoms with van der Waals surface area (Å²) in [6, 6.07) is 12.8. The van der Waals surface area contributed by atoms with Gasteiger partial charge in [-0.05, 0) is 55.5 Å². The van der Waals surface area contributed by atoms with E-state index in [1.807, 2.05) is 0 Å². The first-order valence-electron chi connectivity index (χ1n) is 8.32. The Morgan fingerprint density at radius 2 is 1.82 bits per heavy atom. The zero-order valence-corrected chi connectivity index (χ0v) is 15.9. The Kier molecular flexibility index (Phi) is 5.90. The highest BCUT2D eigenvalue weighted by Gasteiger charge is 2.22. The Hall–Kier alpha value is -3.39. The number of carbonyl (C=O) groups excluding carboxylic acids is 3. The van der Waals surface area contributed by atoms with Crippen molar-refractivity contribution in [2.24, 2.45) is 0 Å². The second-order valence-corrected chi connectivity index (χ2v) is 6.82. The molecule has 8 heteroatoms. The Morgan fingerprint density at radius 3 is 2.46 bits per heavy atom. The molecule has 0 aliphatic carbocycles. The highest BCUT2D eigenvalue weighted by atomic mass is 32.1. The van der Waals surface area contributed by atoms with Gasteiger partial charge in [-0.2, -0.15) is 0 Å². The Morgan fingerprint density at radius 1 is 1.07 bits per heavy atom. The normalized spacial score (nSPS) is 11.5. The molecule has 0 saturated heterocycles. The van der Waals surface area contributed by atoms with Crippen molar-refractivity contribution in [3.8, 4) is 5.75 Å². The van der Waals surface area contributed by atoms with Gasteiger partial charge < -0.3 is 19.2 Å². The van der Waals surface area contributed by atoms with Crippen molar-refractivity contribution in [3.63, 3.8) is 0 Å². The van der Waals surface area contributed by atoms with Crippen LogP contribution in [0.5, 0.6) is 5.75 Å². The molecular formula is C20H17NO6S. The standard InChI is InChI=1S/C20H17NO6S/c1-12(18(22)13-5-7-14(25-2)8-6-13)27-20(24)16-9-10-17(28-16)21-19(23)15-4-3-11-26-15/h3-12H,1-2H3,(H,21,23). The molecule has 1 unspecified atom stereocenters. The van der Waals surface area contributed by atoms with Crippen LogP contribution in [0.15, 0.2) is 59.2 Å². The molecule has 0 fully saturated rings. The van der Waals surface area contributed by atoms with Crippen molar-refractivity contribution < 1.29 is 28.3 Å². The number of hydrogen-bond donors (Lipinski definition) is 1. The van der Waals surface area contributed by atoms with Crippen LogP contribution in [0.4, 0.5) is 5.00 Å². The van der Waals surface area contributed by atoms with Crippen molar-refractivity contribution in [3.05, 3.63) is 71.0 Å². The van der Waals surface area contributed by atoms with E-state index in [0.29, 0.717) is 16.3 Å². The van der Waals surface area contributed by atoms with Crippen molar-refractivity contribution in [2.45, 2.75) is 13.0 Å². The first kappa shape index (κ1) is 19.4. The first-order chi connectivity index (χ1) is 13.5. The quantitative estimate of drug-likeness (QED) is 0.476. The predicted octanol–water partition coefficient (Wildman–Crippen LogP) is 4.03. The number of benzene rings is 1. The molecule has 0 bridgehead atoms. The molecular weight excluding hydrogens is 382 g/mol. The van der Waals surface area contributed by atoms with Crippen molar-refractivity contribution >= 4 is 34.0 Å². The minimum Gasteiger partial charge on any atom is -0.497 e. The summed E-state index contributed by atoms with van der Waals surface area (Å²) in [4.78, 5) is 36.9. The van der Waals surface area contributed by atoms with Crippen LogP contribution in [0.2, 0.25) is 0 Å². The number of rotatable bonds is 7. The molecule has 0 radical (unpaired) electrons. The second-order valence-electron chi connectivity index (χ2n) is 5.74. The average Bonchev–Trinajstić information content (AvgIpc) is 3.39. The predicted molar refractivity (Wildman–Crippen MR) is 103 cm³/mol. The molecule has 144 valence electrons. The van der Waals surface area contributed by atoms with E-state index in [1.54, 1.807) is 36.4 Å². The number of ether oxygens (including phenoxy) is 2. The number of anilines is 1. The smallest absolute Gasteiger partial charge is 0.349 e. The lowest BCUT2D eigenvalue weighted by Crippen LogP contribution is -2.24. The molecule has 0 spiro atoms. The molecule has 0 aliphatic heterocycles. The molecule has 3 rings (SSSR count). The van der Waals surface area contributed by atoms with Gasteiger partial charge in [0.05, 0.1) is 18.4 Å². The van der Waals surface area contributed by atoms with Crippen LogP contribution in [0, 0.1) is 0 Å². The minimum atomic E-state index is -0.954. The number of furan rings is 1. The zero-order valence-electron chi connectivity index (χ0n) is 15.1. The van der Waals surface area contributed by atoms with E-state index in [0.717, 1.165) is 11.3 Å². The largest absolute Gasteiger partial charge is 0.497 e. The Bertz CT molecular complexity index is 975. The lowest BCUT2D eigenvalue weighted by molar-refractivity contribution is 0.0323. The van der Waals surface area contributed by atoms with Crippen molar-refractivity contribution in [2.75, 3.05) is 12.4 Å². The molecule has 2 heterocycles. The molecule has 1 atom stereocenters. The fourth-order valence-corrected chi connectivity index (χ4v) is 3.14. The number of esters is 1. The topological polar surface area (TPSA) is 94.8 Å². The van der Waals surface area contributed by atoms with Gasteiger partial charge in [-0.15, -0.1) is 11.3 Å². The van der Waals surface area contributed by atoms with Gasteiger partial charge >= 0.3 is 5.97 Å². The maximum absolute atomic E-state index is 12.4. The van der Waals surface area contributed by atoms with E-state index in [4.69, 9.17) is 13.9 Å². The lowest BCUT2D eigenvalue weighted by Gasteiger charge is -2.12. The van der Waals surface area contributed by atoms with Gasteiger partial charge in [-0.25, -0.2) is 4.79 Å². The monoisotopic (exact) mass is 399 g/mol. The van der Waals surface area contributed by atoms with Gasteiger partial charge in [0.1, 0.15) is 10.6 Å². The summed E-state index contributed by atoms with van der Waals surface area (Å²) in [6.45, 7) is 1.51. The molecule has 28 heavy (non-hydrogen) atoms. The summed E-state index contributed by atoms with van der Waals surface area (Å²) in [5.41, 5.74) is 0.415. The van der Waals surface area contributed by atoms with Crippen LogP contribution in [0.1, 0.15) is 37.5 Å². The first-order valence-corrected chi connectivity index (χ1v) is 9.13. The minimum absolute atomic E-state index is 0.163. The van der Waals surface area contributed by atoms with Gasteiger partial charge in [-0.1, -0.05) is 0 Å². The number of thiophene rings is 1. The number of hydrogen-bond acceptors (Lipinski definition) is 7. The fourth-order valence-electron chi connectivity index (χ4n) is 2.36. The van der Waals surface area contributed by atoms with E-state index >= 15 is 0 Å². The molecule has 3 aromatic rings. The van der Waals surface area contributed by atoms with Crippen LogP contribution in [0.25, 0.3) is 0 Å². The second kappa shape index (κ2) is 8.53. The molecule has 1 aromatic carbocycles. The summed E-state index contributed by atoms with van der Waals surface area (Å²) >= 11 is 1.05. The number of Topliss-reactive ketones (excluding diaryl/α,β-unsaturated/α-hetero) is 1. The van der Waals surface area contributed by atoms with Gasteiger partial charge in [0.2, 0.25) is 5.78 Å². The van der Waals surface area contributed by atoms with Crippen molar-refractivity contribution in [1.29, 1.82) is 0 Å². The summed E-state index contributed by atoms with van der Waals surface area (Å²) in [6.07, 6.45) is 0.442. The van der Waals surface area contributed by atoms with Gasteiger partial charge in [0, 0.05) is 5.56 Å². The van der Waals surface area contributed by atoms with E-state index in [1.165, 1.54) is 32.4 Å². The number of amides is 1. The van der Waals surface area contributed by atoms with Crippen LogP contribution >= 0.6 is 11.3 Å². The van der Waals surface area contributed by atoms with E-state index in [2.05, 4.69) is 5.32 Å². The summed E-state index contributed by atoms with van der Waals surface area (Å²) in [5, 5.41) is 3.09. The highest BCUT2D eigenvalue weighted by molar-refractivity contribution is 7.18. The number of carbonyl (C=O) groups is 3. The SMILES string of the molecule is COc1ccc(C(=O)C(C)OC(=O)c2ccc(NC(=O)c3ccco3)s2)cc1. The summed E-state index contributed by atoms with van der Waals surface area (Å²) in [7, 11) is 1.54.